The summed E-state index contributed by atoms with van der Waals surface area (Å²) in [6, 6.07) is 8.45. The molecule has 0 spiro atoms. The van der Waals surface area contributed by atoms with Crippen LogP contribution < -0.4 is 0 Å². The van der Waals surface area contributed by atoms with Crippen molar-refractivity contribution in [3.05, 3.63) is 36.0 Å². The van der Waals surface area contributed by atoms with Crippen LogP contribution in [0, 0.1) is 0 Å². The Bertz CT molecular complexity index is 563. The van der Waals surface area contributed by atoms with Crippen LogP contribution in [-0.4, -0.2) is 40.2 Å². The molecule has 102 valence electrons. The van der Waals surface area contributed by atoms with Crippen molar-refractivity contribution in [3.8, 4) is 0 Å². The lowest BCUT2D eigenvalue weighted by atomic mass is 10.00. The number of para-hydroxylation sites is 1. The number of aliphatic hydroxyl groups is 1. The first-order valence-corrected chi connectivity index (χ1v) is 7.14. The molecule has 1 atom stereocenters. The maximum atomic E-state index is 9.58. The number of nitrogens with zero attached hydrogens (tertiary/aromatic N) is 1. The zero-order valence-electron chi connectivity index (χ0n) is 11.5. The number of nitrogens with one attached hydrogen (secondary N) is 1. The number of aliphatic hydroxyl groups excluding tert-OH is 1. The van der Waals surface area contributed by atoms with Crippen LogP contribution in [0.15, 0.2) is 30.5 Å². The highest BCUT2D eigenvalue weighted by Gasteiger charge is 2.35. The van der Waals surface area contributed by atoms with Gasteiger partial charge < -0.3 is 10.1 Å². The van der Waals surface area contributed by atoms with Gasteiger partial charge in [-0.15, -0.1) is 0 Å². The van der Waals surface area contributed by atoms with Gasteiger partial charge in [-0.25, -0.2) is 0 Å². The molecule has 3 rings (SSSR count). The van der Waals surface area contributed by atoms with Crippen LogP contribution in [0.2, 0.25) is 0 Å². The van der Waals surface area contributed by atoms with Gasteiger partial charge >= 0.3 is 0 Å². The normalized spacial score (nSPS) is 24.3. The zero-order chi connectivity index (χ0) is 13.3. The SMILES string of the molecule is C[C@@]1(CO)CCCN1CCc1c[nH]c2ccccc12. The van der Waals surface area contributed by atoms with Crippen molar-refractivity contribution in [2.24, 2.45) is 0 Å². The number of rotatable bonds is 4. The van der Waals surface area contributed by atoms with Gasteiger partial charge in [0.15, 0.2) is 0 Å². The highest BCUT2D eigenvalue weighted by molar-refractivity contribution is 5.83. The molecule has 1 aromatic heterocycles. The molecule has 3 nitrogen and oxygen atoms in total. The molecule has 1 saturated heterocycles. The summed E-state index contributed by atoms with van der Waals surface area (Å²) in [5, 5.41) is 10.9. The van der Waals surface area contributed by atoms with E-state index in [0.717, 1.165) is 25.9 Å². The Balaban J connectivity index is 1.73. The Labute approximate surface area is 114 Å². The molecule has 19 heavy (non-hydrogen) atoms. The summed E-state index contributed by atoms with van der Waals surface area (Å²) < 4.78 is 0. The van der Waals surface area contributed by atoms with Gasteiger partial charge in [-0.1, -0.05) is 18.2 Å². The Morgan fingerprint density at radius 3 is 3.05 bits per heavy atom. The van der Waals surface area contributed by atoms with Gasteiger partial charge in [0.2, 0.25) is 0 Å². The number of fused-ring (bicyclic) bond motifs is 1. The van der Waals surface area contributed by atoms with E-state index in [1.54, 1.807) is 0 Å². The summed E-state index contributed by atoms with van der Waals surface area (Å²) in [6.07, 6.45) is 5.47. The van der Waals surface area contributed by atoms with Crippen LogP contribution in [0.5, 0.6) is 0 Å². The third kappa shape index (κ3) is 2.28. The van der Waals surface area contributed by atoms with Crippen molar-refractivity contribution < 1.29 is 5.11 Å². The van der Waals surface area contributed by atoms with E-state index in [1.165, 1.54) is 22.9 Å². The van der Waals surface area contributed by atoms with Crippen molar-refractivity contribution in [1.29, 1.82) is 0 Å². The Kier molecular flexibility index (Phi) is 3.33. The number of likely N-dealkylation sites (tertiary alicyclic amines) is 1. The molecule has 2 N–H and O–H groups in total. The van der Waals surface area contributed by atoms with Gasteiger partial charge in [-0.3, -0.25) is 4.90 Å². The largest absolute Gasteiger partial charge is 0.394 e. The van der Waals surface area contributed by atoms with Gasteiger partial charge in [0.1, 0.15) is 0 Å². The lowest BCUT2D eigenvalue weighted by molar-refractivity contribution is 0.0801. The summed E-state index contributed by atoms with van der Waals surface area (Å²) in [6.45, 7) is 4.58. The number of aromatic amines is 1. The standard InChI is InChI=1S/C16H22N2O/c1-16(12-19)8-4-9-18(16)10-7-13-11-17-15-6-3-2-5-14(13)15/h2-3,5-6,11,17,19H,4,7-10,12H2,1H3/t16-/m0/s1. The van der Waals surface area contributed by atoms with Crippen LogP contribution in [0.4, 0.5) is 0 Å². The van der Waals surface area contributed by atoms with Crippen molar-refractivity contribution in [2.45, 2.75) is 31.7 Å². The monoisotopic (exact) mass is 258 g/mol. The van der Waals surface area contributed by atoms with Crippen LogP contribution in [0.3, 0.4) is 0 Å². The smallest absolute Gasteiger partial charge is 0.0612 e. The molecule has 0 unspecified atom stereocenters. The quantitative estimate of drug-likeness (QED) is 0.884. The molecule has 0 saturated carbocycles. The maximum absolute atomic E-state index is 9.58. The third-order valence-corrected chi connectivity index (χ3v) is 4.57. The van der Waals surface area contributed by atoms with E-state index < -0.39 is 0 Å². The first kappa shape index (κ1) is 12.7. The summed E-state index contributed by atoms with van der Waals surface area (Å²) in [4.78, 5) is 5.77. The second-order valence-corrected chi connectivity index (χ2v) is 5.86. The van der Waals surface area contributed by atoms with Crippen LogP contribution in [0.1, 0.15) is 25.3 Å². The molecular formula is C16H22N2O. The van der Waals surface area contributed by atoms with Crippen LogP contribution in [-0.2, 0) is 6.42 Å². The van der Waals surface area contributed by atoms with Crippen molar-refractivity contribution >= 4 is 10.9 Å². The molecule has 2 aromatic rings. The van der Waals surface area contributed by atoms with E-state index in [2.05, 4.69) is 47.3 Å². The molecule has 1 aliphatic heterocycles. The van der Waals surface area contributed by atoms with E-state index in [9.17, 15) is 5.11 Å². The van der Waals surface area contributed by atoms with E-state index in [4.69, 9.17) is 0 Å². The average Bonchev–Trinajstić information content (AvgIpc) is 3.01. The number of aromatic nitrogens is 1. The van der Waals surface area contributed by atoms with Crippen LogP contribution in [0.25, 0.3) is 10.9 Å². The van der Waals surface area contributed by atoms with Crippen molar-refractivity contribution in [1.82, 2.24) is 9.88 Å². The van der Waals surface area contributed by atoms with Gasteiger partial charge in [-0.05, 0) is 44.4 Å². The molecule has 0 aliphatic carbocycles. The Morgan fingerprint density at radius 2 is 2.21 bits per heavy atom. The molecule has 0 bridgehead atoms. The van der Waals surface area contributed by atoms with E-state index >= 15 is 0 Å². The molecular weight excluding hydrogens is 236 g/mol. The van der Waals surface area contributed by atoms with Gasteiger partial charge in [0.25, 0.3) is 0 Å². The van der Waals surface area contributed by atoms with Crippen molar-refractivity contribution in [3.63, 3.8) is 0 Å². The second-order valence-electron chi connectivity index (χ2n) is 5.86. The summed E-state index contributed by atoms with van der Waals surface area (Å²) in [5.74, 6) is 0. The summed E-state index contributed by atoms with van der Waals surface area (Å²) in [5.41, 5.74) is 2.58. The molecule has 0 amide bonds. The molecule has 3 heteroatoms. The van der Waals surface area contributed by atoms with Crippen LogP contribution >= 0.6 is 0 Å². The topological polar surface area (TPSA) is 39.3 Å². The minimum absolute atomic E-state index is 0.00783. The third-order valence-electron chi connectivity index (χ3n) is 4.57. The van der Waals surface area contributed by atoms with Gasteiger partial charge in [0.05, 0.1) is 6.61 Å². The summed E-state index contributed by atoms with van der Waals surface area (Å²) >= 11 is 0. The fourth-order valence-electron chi connectivity index (χ4n) is 3.23. The first-order valence-electron chi connectivity index (χ1n) is 7.14. The van der Waals surface area contributed by atoms with E-state index in [1.807, 2.05) is 0 Å². The van der Waals surface area contributed by atoms with E-state index in [-0.39, 0.29) is 12.1 Å². The first-order chi connectivity index (χ1) is 9.23. The van der Waals surface area contributed by atoms with Crippen molar-refractivity contribution in [2.75, 3.05) is 19.7 Å². The molecule has 2 heterocycles. The zero-order valence-corrected chi connectivity index (χ0v) is 11.5. The average molecular weight is 258 g/mol. The minimum Gasteiger partial charge on any atom is -0.394 e. The van der Waals surface area contributed by atoms with E-state index in [0.29, 0.717) is 0 Å². The molecule has 1 fully saturated rings. The maximum Gasteiger partial charge on any atom is 0.0612 e. The molecule has 0 radical (unpaired) electrons. The molecule has 1 aliphatic rings. The fourth-order valence-corrected chi connectivity index (χ4v) is 3.23. The molecule has 1 aromatic carbocycles. The summed E-state index contributed by atoms with van der Waals surface area (Å²) in [7, 11) is 0. The predicted octanol–water partition coefficient (Wildman–Crippen LogP) is 2.56. The number of hydrogen-bond donors (Lipinski definition) is 2. The number of H-pyrrole nitrogens is 1. The Hall–Kier alpha value is -1.32. The predicted molar refractivity (Wildman–Crippen MR) is 78.3 cm³/mol. The van der Waals surface area contributed by atoms with Gasteiger partial charge in [0, 0.05) is 29.2 Å². The lowest BCUT2D eigenvalue weighted by Gasteiger charge is -2.33. The number of hydrogen-bond acceptors (Lipinski definition) is 2. The lowest BCUT2D eigenvalue weighted by Crippen LogP contribution is -2.45. The number of benzene rings is 1. The fraction of sp³-hybridized carbons (Fsp3) is 0.500. The minimum atomic E-state index is -0.00783. The van der Waals surface area contributed by atoms with Gasteiger partial charge in [-0.2, -0.15) is 0 Å². The Morgan fingerprint density at radius 1 is 1.37 bits per heavy atom. The second kappa shape index (κ2) is 4.99. The highest BCUT2D eigenvalue weighted by Crippen LogP contribution is 2.29. The highest BCUT2D eigenvalue weighted by atomic mass is 16.3.